The molecule has 2 amide bonds. The zero-order valence-corrected chi connectivity index (χ0v) is 20.9. The van der Waals surface area contributed by atoms with Crippen molar-refractivity contribution in [2.75, 3.05) is 12.0 Å². The molecule has 0 radical (unpaired) electrons. The second-order valence-electron chi connectivity index (χ2n) is 8.11. The average molecular weight is 490 g/mol. The van der Waals surface area contributed by atoms with Gasteiger partial charge in [0.1, 0.15) is 22.4 Å². The highest BCUT2D eigenvalue weighted by Crippen LogP contribution is 2.38. The van der Waals surface area contributed by atoms with Gasteiger partial charge in [0.2, 0.25) is 5.91 Å². The standard InChI is InChI=1S/C27H27N3O4S/c1-17-12-13-23(33-4)22(15-17)30(27(32)25-18(2)29-19(3)35-25)24(20-9-6-5-7-10-20)26(31)28-16-21-11-8-14-34-21/h5-15,24H,16H2,1-4H3,(H,28,31)/t24-/m1/s1. The van der Waals surface area contributed by atoms with Gasteiger partial charge >= 0.3 is 0 Å². The van der Waals surface area contributed by atoms with Crippen molar-refractivity contribution in [2.45, 2.75) is 33.4 Å². The predicted octanol–water partition coefficient (Wildman–Crippen LogP) is 5.37. The molecule has 0 aliphatic carbocycles. The minimum Gasteiger partial charge on any atom is -0.495 e. The first-order chi connectivity index (χ1) is 16.9. The average Bonchev–Trinajstić information content (AvgIpc) is 3.50. The fraction of sp³-hybridized carbons (Fsp3) is 0.222. The molecule has 1 atom stereocenters. The van der Waals surface area contributed by atoms with Gasteiger partial charge < -0.3 is 14.5 Å². The fourth-order valence-electron chi connectivity index (χ4n) is 3.93. The Bertz CT molecular complexity index is 1320. The van der Waals surface area contributed by atoms with Crippen LogP contribution in [0.4, 0.5) is 5.69 Å². The first kappa shape index (κ1) is 24.2. The van der Waals surface area contributed by atoms with Gasteiger partial charge in [0, 0.05) is 0 Å². The number of benzene rings is 2. The van der Waals surface area contributed by atoms with Crippen molar-refractivity contribution in [2.24, 2.45) is 0 Å². The van der Waals surface area contributed by atoms with Gasteiger partial charge in [-0.2, -0.15) is 0 Å². The van der Waals surface area contributed by atoms with Crippen molar-refractivity contribution in [1.29, 1.82) is 0 Å². The number of hydrogen-bond donors (Lipinski definition) is 1. The Morgan fingerprint density at radius 2 is 1.86 bits per heavy atom. The van der Waals surface area contributed by atoms with Crippen LogP contribution in [0.15, 0.2) is 71.3 Å². The molecule has 0 saturated heterocycles. The van der Waals surface area contributed by atoms with Gasteiger partial charge in [0.05, 0.1) is 36.3 Å². The third-order valence-corrected chi connectivity index (χ3v) is 6.61. The molecule has 2 heterocycles. The summed E-state index contributed by atoms with van der Waals surface area (Å²) in [6.45, 7) is 5.79. The molecule has 0 spiro atoms. The lowest BCUT2D eigenvalue weighted by Crippen LogP contribution is -2.44. The van der Waals surface area contributed by atoms with E-state index >= 15 is 0 Å². The molecule has 0 aliphatic heterocycles. The van der Waals surface area contributed by atoms with Crippen LogP contribution in [0.5, 0.6) is 5.75 Å². The highest BCUT2D eigenvalue weighted by Gasteiger charge is 2.36. The van der Waals surface area contributed by atoms with E-state index in [9.17, 15) is 9.59 Å². The van der Waals surface area contributed by atoms with Crippen molar-refractivity contribution in [3.8, 4) is 5.75 Å². The van der Waals surface area contributed by atoms with Crippen LogP contribution in [0.25, 0.3) is 0 Å². The van der Waals surface area contributed by atoms with Crippen LogP contribution in [0.1, 0.15) is 43.3 Å². The van der Waals surface area contributed by atoms with E-state index in [0.29, 0.717) is 33.3 Å². The number of furan rings is 1. The lowest BCUT2D eigenvalue weighted by Gasteiger charge is -2.32. The molecule has 4 rings (SSSR count). The van der Waals surface area contributed by atoms with Crippen LogP contribution >= 0.6 is 11.3 Å². The normalized spacial score (nSPS) is 11.7. The summed E-state index contributed by atoms with van der Waals surface area (Å²) < 4.78 is 11.0. The molecule has 7 nitrogen and oxygen atoms in total. The van der Waals surface area contributed by atoms with Crippen LogP contribution in [0.3, 0.4) is 0 Å². The molecule has 0 aliphatic rings. The molecule has 8 heteroatoms. The first-order valence-electron chi connectivity index (χ1n) is 11.2. The number of nitrogens with zero attached hydrogens (tertiary/aromatic N) is 2. The van der Waals surface area contributed by atoms with E-state index in [2.05, 4.69) is 10.3 Å². The van der Waals surface area contributed by atoms with Crippen LogP contribution < -0.4 is 15.0 Å². The number of anilines is 1. The maximum atomic E-state index is 14.2. The van der Waals surface area contributed by atoms with Crippen molar-refractivity contribution in [1.82, 2.24) is 10.3 Å². The summed E-state index contributed by atoms with van der Waals surface area (Å²) in [5.74, 6) is 0.440. The lowest BCUT2D eigenvalue weighted by atomic mass is 10.0. The monoisotopic (exact) mass is 489 g/mol. The number of nitrogens with one attached hydrogen (secondary N) is 1. The highest BCUT2D eigenvalue weighted by atomic mass is 32.1. The summed E-state index contributed by atoms with van der Waals surface area (Å²) in [7, 11) is 1.55. The Kier molecular flexibility index (Phi) is 7.31. The molecule has 0 saturated carbocycles. The number of rotatable bonds is 8. The summed E-state index contributed by atoms with van der Waals surface area (Å²) in [5.41, 5.74) is 2.72. The Balaban J connectivity index is 1.87. The Morgan fingerprint density at radius 1 is 1.09 bits per heavy atom. The third kappa shape index (κ3) is 5.27. The van der Waals surface area contributed by atoms with E-state index < -0.39 is 6.04 Å². The minimum atomic E-state index is -0.962. The maximum absolute atomic E-state index is 14.2. The molecule has 35 heavy (non-hydrogen) atoms. The Morgan fingerprint density at radius 3 is 2.49 bits per heavy atom. The van der Waals surface area contributed by atoms with E-state index in [-0.39, 0.29) is 18.4 Å². The second-order valence-corrected chi connectivity index (χ2v) is 9.31. The van der Waals surface area contributed by atoms with Crippen molar-refractivity contribution < 1.29 is 18.7 Å². The van der Waals surface area contributed by atoms with Gasteiger partial charge in [-0.15, -0.1) is 11.3 Å². The molecule has 4 aromatic rings. The van der Waals surface area contributed by atoms with Gasteiger partial charge in [0.15, 0.2) is 0 Å². The van der Waals surface area contributed by atoms with Crippen LogP contribution in [-0.4, -0.2) is 23.9 Å². The summed E-state index contributed by atoms with van der Waals surface area (Å²) >= 11 is 1.31. The number of thiazole rings is 1. The number of ether oxygens (including phenoxy) is 1. The van der Waals surface area contributed by atoms with Gasteiger partial charge in [-0.1, -0.05) is 36.4 Å². The largest absolute Gasteiger partial charge is 0.495 e. The molecule has 2 aromatic heterocycles. The number of aromatic nitrogens is 1. The highest BCUT2D eigenvalue weighted by molar-refractivity contribution is 7.13. The molecule has 0 bridgehead atoms. The number of amides is 2. The summed E-state index contributed by atoms with van der Waals surface area (Å²) in [6.07, 6.45) is 1.55. The molecule has 0 fully saturated rings. The molecular formula is C27H27N3O4S. The first-order valence-corrected chi connectivity index (χ1v) is 12.0. The quantitative estimate of drug-likeness (QED) is 0.359. The van der Waals surface area contributed by atoms with Crippen molar-refractivity contribution in [3.05, 3.63) is 99.4 Å². The van der Waals surface area contributed by atoms with E-state index in [0.717, 1.165) is 10.6 Å². The number of aryl methyl sites for hydroxylation is 3. The third-order valence-electron chi connectivity index (χ3n) is 5.55. The van der Waals surface area contributed by atoms with Gasteiger partial charge in [-0.25, -0.2) is 4.98 Å². The number of methoxy groups -OCH3 is 1. The van der Waals surface area contributed by atoms with Crippen LogP contribution in [-0.2, 0) is 11.3 Å². The van der Waals surface area contributed by atoms with Crippen LogP contribution in [0.2, 0.25) is 0 Å². The maximum Gasteiger partial charge on any atom is 0.271 e. The zero-order chi connectivity index (χ0) is 24.9. The van der Waals surface area contributed by atoms with Gasteiger partial charge in [-0.05, 0) is 56.2 Å². The SMILES string of the molecule is COc1ccc(C)cc1N(C(=O)c1sc(C)nc1C)[C@@H](C(=O)NCc1ccco1)c1ccccc1. The lowest BCUT2D eigenvalue weighted by molar-refractivity contribution is -0.122. The summed E-state index contributed by atoms with van der Waals surface area (Å²) in [4.78, 5) is 34.4. The molecule has 2 aromatic carbocycles. The van der Waals surface area contributed by atoms with Crippen LogP contribution in [0, 0.1) is 20.8 Å². The molecular weight excluding hydrogens is 462 g/mol. The Hall–Kier alpha value is -3.91. The predicted molar refractivity (Wildman–Crippen MR) is 136 cm³/mol. The zero-order valence-electron chi connectivity index (χ0n) is 20.1. The molecule has 1 N–H and O–H groups in total. The number of hydrogen-bond acceptors (Lipinski definition) is 6. The smallest absolute Gasteiger partial charge is 0.271 e. The second kappa shape index (κ2) is 10.6. The van der Waals surface area contributed by atoms with E-state index in [1.165, 1.54) is 16.2 Å². The Labute approximate surface area is 208 Å². The van der Waals surface area contributed by atoms with E-state index in [1.54, 1.807) is 38.5 Å². The van der Waals surface area contributed by atoms with E-state index in [1.807, 2.05) is 56.3 Å². The number of carbonyl (C=O) groups excluding carboxylic acids is 2. The molecule has 0 unspecified atom stereocenters. The topological polar surface area (TPSA) is 84.7 Å². The summed E-state index contributed by atoms with van der Waals surface area (Å²) in [5, 5.41) is 3.71. The molecule has 180 valence electrons. The van der Waals surface area contributed by atoms with E-state index in [4.69, 9.17) is 9.15 Å². The van der Waals surface area contributed by atoms with Gasteiger partial charge in [-0.3, -0.25) is 14.5 Å². The summed E-state index contributed by atoms with van der Waals surface area (Å²) in [6, 6.07) is 17.4. The minimum absolute atomic E-state index is 0.195. The van der Waals surface area contributed by atoms with Gasteiger partial charge in [0.25, 0.3) is 5.91 Å². The van der Waals surface area contributed by atoms with Crippen molar-refractivity contribution >= 4 is 28.8 Å². The fourth-order valence-corrected chi connectivity index (χ4v) is 4.79. The number of carbonyl (C=O) groups is 2. The van der Waals surface area contributed by atoms with Crippen molar-refractivity contribution in [3.63, 3.8) is 0 Å².